The van der Waals surface area contributed by atoms with Gasteiger partial charge in [-0.15, -0.1) is 0 Å². The molecule has 0 aliphatic carbocycles. The molecule has 4 aromatic rings. The number of likely N-dealkylation sites (N-methyl/N-ethyl adjacent to an activating group) is 1. The second-order valence-electron chi connectivity index (χ2n) is 8.53. The third-order valence-electron chi connectivity index (χ3n) is 5.86. The molecule has 3 heterocycles. The summed E-state index contributed by atoms with van der Waals surface area (Å²) in [4.78, 5) is 29.0. The number of H-pyrrole nitrogens is 1. The van der Waals surface area contributed by atoms with Crippen LogP contribution in [0.4, 0.5) is 20.6 Å². The number of fused-ring (bicyclic) bond motifs is 1. The number of halogens is 1. The number of anilines is 2. The molecule has 0 atom stereocenters. The van der Waals surface area contributed by atoms with Crippen molar-refractivity contribution in [2.75, 3.05) is 43.9 Å². The molecule has 0 unspecified atom stereocenters. The number of rotatable bonds is 6. The van der Waals surface area contributed by atoms with Crippen molar-refractivity contribution in [3.63, 3.8) is 0 Å². The van der Waals surface area contributed by atoms with Crippen molar-refractivity contribution < 1.29 is 13.9 Å². The van der Waals surface area contributed by atoms with Gasteiger partial charge in [-0.3, -0.25) is 4.90 Å². The molecule has 1 saturated heterocycles. The maximum atomic E-state index is 13.0. The number of hydrogen-bond donors (Lipinski definition) is 3. The number of hydrogen-bond acceptors (Lipinski definition) is 6. The Morgan fingerprint density at radius 3 is 2.34 bits per heavy atom. The number of amides is 2. The van der Waals surface area contributed by atoms with Crippen molar-refractivity contribution in [1.29, 1.82) is 0 Å². The van der Waals surface area contributed by atoms with Gasteiger partial charge in [0, 0.05) is 49.8 Å². The maximum Gasteiger partial charge on any atom is 0.323 e. The van der Waals surface area contributed by atoms with E-state index in [0.29, 0.717) is 23.0 Å². The first-order valence-corrected chi connectivity index (χ1v) is 11.4. The number of urea groups is 1. The average molecular weight is 476 g/mol. The third-order valence-corrected chi connectivity index (χ3v) is 5.86. The third kappa shape index (κ3) is 5.73. The van der Waals surface area contributed by atoms with Gasteiger partial charge in [0.15, 0.2) is 0 Å². The Morgan fingerprint density at radius 1 is 1.00 bits per heavy atom. The fraction of sp³-hybridized carbons (Fsp3) is 0.240. The Kier molecular flexibility index (Phi) is 6.55. The van der Waals surface area contributed by atoms with Gasteiger partial charge in [0.25, 0.3) is 0 Å². The summed E-state index contributed by atoms with van der Waals surface area (Å²) in [6, 6.07) is 14.1. The Hall–Kier alpha value is -4.02. The van der Waals surface area contributed by atoms with Gasteiger partial charge in [0.1, 0.15) is 23.5 Å². The summed E-state index contributed by atoms with van der Waals surface area (Å²) in [5.41, 5.74) is 2.88. The monoisotopic (exact) mass is 475 g/mol. The van der Waals surface area contributed by atoms with E-state index in [1.807, 2.05) is 6.07 Å². The number of nitrogens with zero attached hydrogens (tertiary/aromatic N) is 4. The summed E-state index contributed by atoms with van der Waals surface area (Å²) >= 11 is 0. The lowest BCUT2D eigenvalue weighted by Crippen LogP contribution is -2.43. The first-order valence-electron chi connectivity index (χ1n) is 11.4. The van der Waals surface area contributed by atoms with Gasteiger partial charge in [-0.2, -0.15) is 0 Å². The van der Waals surface area contributed by atoms with E-state index in [4.69, 9.17) is 4.74 Å². The molecule has 3 N–H and O–H groups in total. The van der Waals surface area contributed by atoms with Gasteiger partial charge < -0.3 is 25.3 Å². The van der Waals surface area contributed by atoms with E-state index in [1.54, 1.807) is 24.3 Å². The van der Waals surface area contributed by atoms with Crippen LogP contribution in [0.1, 0.15) is 5.69 Å². The van der Waals surface area contributed by atoms with Crippen LogP contribution in [-0.2, 0) is 6.54 Å². The van der Waals surface area contributed by atoms with Crippen LogP contribution in [0.15, 0.2) is 60.9 Å². The molecule has 0 bridgehead atoms. The predicted octanol–water partition coefficient (Wildman–Crippen LogP) is 4.28. The van der Waals surface area contributed by atoms with Crippen LogP contribution in [0.2, 0.25) is 0 Å². The normalized spacial score (nSPS) is 14.7. The fourth-order valence-corrected chi connectivity index (χ4v) is 3.93. The van der Waals surface area contributed by atoms with E-state index >= 15 is 0 Å². The fourth-order valence-electron chi connectivity index (χ4n) is 3.93. The first kappa shape index (κ1) is 22.8. The number of piperazine rings is 1. The number of carbonyl (C=O) groups excluding carboxylic acids is 1. The van der Waals surface area contributed by atoms with E-state index in [9.17, 15) is 9.18 Å². The number of ether oxygens (including phenoxy) is 1. The molecule has 2 aromatic carbocycles. The maximum absolute atomic E-state index is 13.0. The molecule has 5 rings (SSSR count). The molecule has 0 radical (unpaired) electrons. The van der Waals surface area contributed by atoms with Gasteiger partial charge >= 0.3 is 6.03 Å². The molecule has 0 saturated carbocycles. The summed E-state index contributed by atoms with van der Waals surface area (Å²) in [5.74, 6) is 0.681. The molecule has 10 heteroatoms. The lowest BCUT2D eigenvalue weighted by molar-refractivity contribution is 0.147. The zero-order valence-corrected chi connectivity index (χ0v) is 19.3. The van der Waals surface area contributed by atoms with Crippen LogP contribution in [0.3, 0.4) is 0 Å². The van der Waals surface area contributed by atoms with Gasteiger partial charge in [-0.1, -0.05) is 0 Å². The Morgan fingerprint density at radius 2 is 1.66 bits per heavy atom. The first-order chi connectivity index (χ1) is 17.0. The van der Waals surface area contributed by atoms with Crippen LogP contribution >= 0.6 is 0 Å². The van der Waals surface area contributed by atoms with Gasteiger partial charge in [-0.05, 0) is 61.6 Å². The van der Waals surface area contributed by atoms with Gasteiger partial charge in [0.2, 0.25) is 5.88 Å². The molecule has 2 amide bonds. The molecular weight excluding hydrogens is 449 g/mol. The van der Waals surface area contributed by atoms with E-state index in [-0.39, 0.29) is 5.82 Å². The molecule has 1 fully saturated rings. The second kappa shape index (κ2) is 10.1. The van der Waals surface area contributed by atoms with Gasteiger partial charge in [-0.25, -0.2) is 19.2 Å². The largest absolute Gasteiger partial charge is 0.438 e. The Balaban J connectivity index is 1.22. The minimum absolute atomic E-state index is 0.363. The van der Waals surface area contributed by atoms with Crippen LogP contribution in [0, 0.1) is 5.82 Å². The average Bonchev–Trinajstić information content (AvgIpc) is 3.27. The summed E-state index contributed by atoms with van der Waals surface area (Å²) in [5, 5.41) is 6.20. The number of nitrogens with one attached hydrogen (secondary N) is 3. The van der Waals surface area contributed by atoms with Crippen LogP contribution in [-0.4, -0.2) is 64.0 Å². The summed E-state index contributed by atoms with van der Waals surface area (Å²) in [7, 11) is 2.14. The van der Waals surface area contributed by atoms with Crippen LogP contribution in [0.5, 0.6) is 11.6 Å². The molecule has 180 valence electrons. The predicted molar refractivity (Wildman–Crippen MR) is 132 cm³/mol. The van der Waals surface area contributed by atoms with Crippen molar-refractivity contribution in [3.8, 4) is 11.6 Å². The van der Waals surface area contributed by atoms with E-state index in [1.165, 1.54) is 30.6 Å². The molecule has 35 heavy (non-hydrogen) atoms. The SMILES string of the molecule is CN1CCN(Cc2cc3c(Oc4ccc(NC(=O)Nc5ccc(F)cc5)cc4)ncnc3[nH]2)CC1. The van der Waals surface area contributed by atoms with Crippen LogP contribution in [0.25, 0.3) is 11.0 Å². The van der Waals surface area contributed by atoms with E-state index < -0.39 is 6.03 Å². The number of carbonyl (C=O) groups is 1. The van der Waals surface area contributed by atoms with Crippen molar-refractivity contribution in [1.82, 2.24) is 24.8 Å². The minimum Gasteiger partial charge on any atom is -0.438 e. The summed E-state index contributed by atoms with van der Waals surface area (Å²) in [6.45, 7) is 5.01. The quantitative estimate of drug-likeness (QED) is 0.385. The zero-order valence-electron chi connectivity index (χ0n) is 19.3. The summed E-state index contributed by atoms with van der Waals surface area (Å²) < 4.78 is 19.0. The highest BCUT2D eigenvalue weighted by molar-refractivity contribution is 5.99. The molecule has 9 nitrogen and oxygen atoms in total. The molecule has 1 aliphatic rings. The smallest absolute Gasteiger partial charge is 0.323 e. The standard InChI is InChI=1S/C25H26FN7O2/c1-32-10-12-33(13-11-32)15-20-14-22-23(29-20)27-16-28-24(22)35-21-8-6-19(7-9-21)31-25(34)30-18-4-2-17(26)3-5-18/h2-9,14,16H,10-13,15H2,1H3,(H,27,28,29)(H2,30,31,34). The van der Waals surface area contributed by atoms with Crippen molar-refractivity contribution in [2.45, 2.75) is 6.54 Å². The van der Waals surface area contributed by atoms with E-state index in [0.717, 1.165) is 49.5 Å². The number of benzene rings is 2. The lowest BCUT2D eigenvalue weighted by atomic mass is 10.3. The summed E-state index contributed by atoms with van der Waals surface area (Å²) in [6.07, 6.45) is 1.48. The minimum atomic E-state index is -0.428. The number of aromatic amines is 1. The molecule has 0 spiro atoms. The molecule has 2 aromatic heterocycles. The van der Waals surface area contributed by atoms with E-state index in [2.05, 4.69) is 42.4 Å². The molecule has 1 aliphatic heterocycles. The Labute approximate surface area is 201 Å². The molecular formula is C25H26FN7O2. The van der Waals surface area contributed by atoms with Crippen molar-refractivity contribution in [3.05, 3.63) is 72.4 Å². The second-order valence-corrected chi connectivity index (χ2v) is 8.53. The topological polar surface area (TPSA) is 98.4 Å². The number of aromatic nitrogens is 3. The Bertz CT molecular complexity index is 1300. The highest BCUT2D eigenvalue weighted by atomic mass is 19.1. The van der Waals surface area contributed by atoms with Crippen molar-refractivity contribution >= 4 is 28.4 Å². The lowest BCUT2D eigenvalue weighted by Gasteiger charge is -2.31. The van der Waals surface area contributed by atoms with Gasteiger partial charge in [0.05, 0.1) is 5.39 Å². The highest BCUT2D eigenvalue weighted by Gasteiger charge is 2.16. The van der Waals surface area contributed by atoms with Crippen molar-refractivity contribution in [2.24, 2.45) is 0 Å². The van der Waals surface area contributed by atoms with Crippen LogP contribution < -0.4 is 15.4 Å². The highest BCUT2D eigenvalue weighted by Crippen LogP contribution is 2.28. The zero-order chi connectivity index (χ0) is 24.2.